The van der Waals surface area contributed by atoms with E-state index in [4.69, 9.17) is 0 Å². The summed E-state index contributed by atoms with van der Waals surface area (Å²) in [5.41, 5.74) is 0.476. The molecule has 1 rings (SSSR count). The van der Waals surface area contributed by atoms with E-state index >= 15 is 0 Å². The van der Waals surface area contributed by atoms with Gasteiger partial charge >= 0.3 is 0 Å². The van der Waals surface area contributed by atoms with Crippen LogP contribution in [-0.4, -0.2) is 16.4 Å². The van der Waals surface area contributed by atoms with Crippen LogP contribution in [0.1, 0.15) is 37.7 Å². The number of aromatic nitrogens is 1. The normalized spacial score (nSPS) is 11.3. The van der Waals surface area contributed by atoms with Crippen LogP contribution in [0, 0.1) is 0 Å². The topological polar surface area (TPSA) is 44.9 Å². The second-order valence-corrected chi connectivity index (χ2v) is 3.78. The van der Waals surface area contributed by atoms with Gasteiger partial charge in [0.25, 0.3) is 5.91 Å². The number of carbonyl (C=O) groups is 1. The van der Waals surface area contributed by atoms with E-state index in [1.54, 1.807) is 12.3 Å². The zero-order valence-electron chi connectivity index (χ0n) is 8.35. The summed E-state index contributed by atoms with van der Waals surface area (Å²) >= 11 is 0. The molecule has 0 bridgehead atoms. The van der Waals surface area contributed by atoms with Crippen LogP contribution in [0.2, 0.25) is 0 Å². The van der Waals surface area contributed by atoms with Crippen molar-refractivity contribution in [2.75, 3.05) is 0 Å². The van der Waals surface area contributed by atoms with Gasteiger partial charge in [0.05, 0.1) is 0 Å². The third-order valence-electron chi connectivity index (χ3n) is 2.18. The van der Waals surface area contributed by atoms with Crippen LogP contribution in [0.3, 0.4) is 0 Å². The molecule has 0 fully saturated rings. The summed E-state index contributed by atoms with van der Waals surface area (Å²) in [6, 6.07) is 3.58. The van der Waals surface area contributed by atoms with Crippen molar-refractivity contribution < 1.29 is 4.79 Å². The van der Waals surface area contributed by atoms with E-state index < -0.39 is 0 Å². The molecule has 0 aliphatic heterocycles. The molecule has 0 aliphatic carbocycles. The quantitative estimate of drug-likeness (QED) is 0.733. The highest BCUT2D eigenvalue weighted by Crippen LogP contribution is 2.08. The van der Waals surface area contributed by atoms with Crippen molar-refractivity contribution in [1.82, 2.24) is 10.3 Å². The van der Waals surface area contributed by atoms with Crippen LogP contribution in [-0.2, 0) is 0 Å². The Bertz CT molecular complexity index is 275. The van der Waals surface area contributed by atoms with Crippen molar-refractivity contribution in [3.8, 4) is 0 Å². The number of amides is 1. The summed E-state index contributed by atoms with van der Waals surface area (Å²) in [5, 5.41) is 2.94. The minimum Gasteiger partial charge on any atom is -0.357 e. The monoisotopic (exact) mass is 180 g/mol. The maximum absolute atomic E-state index is 11.5. The van der Waals surface area contributed by atoms with E-state index in [0.29, 0.717) is 5.69 Å². The van der Waals surface area contributed by atoms with E-state index in [1.807, 2.05) is 19.9 Å². The average molecular weight is 180 g/mol. The zero-order chi connectivity index (χ0) is 9.90. The highest BCUT2D eigenvalue weighted by molar-refractivity contribution is 5.92. The fourth-order valence-electron chi connectivity index (χ4n) is 0.935. The number of nitrogens with one attached hydrogen (secondary N) is 2. The molecule has 2 N–H and O–H groups in total. The minimum atomic E-state index is -0.137. The van der Waals surface area contributed by atoms with Gasteiger partial charge in [-0.2, -0.15) is 0 Å². The number of hydrogen-bond donors (Lipinski definition) is 2. The molecule has 0 unspecified atom stereocenters. The molecule has 13 heavy (non-hydrogen) atoms. The van der Waals surface area contributed by atoms with E-state index in [-0.39, 0.29) is 11.4 Å². The van der Waals surface area contributed by atoms with Gasteiger partial charge in [-0.05, 0) is 32.4 Å². The molecule has 0 spiro atoms. The van der Waals surface area contributed by atoms with Crippen LogP contribution in [0.5, 0.6) is 0 Å². The summed E-state index contributed by atoms with van der Waals surface area (Å²) in [7, 11) is 0. The number of H-pyrrole nitrogens is 1. The van der Waals surface area contributed by atoms with Crippen molar-refractivity contribution >= 4 is 5.91 Å². The Balaban J connectivity index is 2.61. The summed E-state index contributed by atoms with van der Waals surface area (Å²) in [4.78, 5) is 14.4. The predicted octanol–water partition coefficient (Wildman–Crippen LogP) is 1.93. The highest BCUT2D eigenvalue weighted by Gasteiger charge is 2.18. The SMILES string of the molecule is CCC(C)(C)NC(=O)c1ccc[nH]1. The largest absolute Gasteiger partial charge is 0.357 e. The molecule has 3 heteroatoms. The molecule has 0 aromatic carbocycles. The number of aromatic amines is 1. The highest BCUT2D eigenvalue weighted by atomic mass is 16.2. The van der Waals surface area contributed by atoms with Gasteiger partial charge in [0.1, 0.15) is 5.69 Å². The summed E-state index contributed by atoms with van der Waals surface area (Å²) in [6.45, 7) is 6.07. The molecule has 1 aromatic rings. The molecule has 0 saturated carbocycles. The van der Waals surface area contributed by atoms with Gasteiger partial charge in [0.15, 0.2) is 0 Å². The molecule has 72 valence electrons. The Morgan fingerprint density at radius 1 is 1.62 bits per heavy atom. The fourth-order valence-corrected chi connectivity index (χ4v) is 0.935. The van der Waals surface area contributed by atoms with Gasteiger partial charge in [-0.25, -0.2) is 0 Å². The van der Waals surface area contributed by atoms with Crippen LogP contribution >= 0.6 is 0 Å². The summed E-state index contributed by atoms with van der Waals surface area (Å²) in [5.74, 6) is -0.0446. The Hall–Kier alpha value is -1.25. The zero-order valence-corrected chi connectivity index (χ0v) is 8.35. The third kappa shape index (κ3) is 2.61. The first-order valence-corrected chi connectivity index (χ1v) is 4.51. The molecular formula is C10H16N2O. The molecule has 0 aliphatic rings. The van der Waals surface area contributed by atoms with Gasteiger partial charge in [-0.1, -0.05) is 6.92 Å². The second-order valence-electron chi connectivity index (χ2n) is 3.78. The van der Waals surface area contributed by atoms with Crippen molar-refractivity contribution in [3.63, 3.8) is 0 Å². The number of hydrogen-bond acceptors (Lipinski definition) is 1. The van der Waals surface area contributed by atoms with Gasteiger partial charge in [0.2, 0.25) is 0 Å². The lowest BCUT2D eigenvalue weighted by Crippen LogP contribution is -2.42. The predicted molar refractivity (Wildman–Crippen MR) is 52.6 cm³/mol. The lowest BCUT2D eigenvalue weighted by atomic mass is 10.0. The average Bonchev–Trinajstić information content (AvgIpc) is 2.55. The van der Waals surface area contributed by atoms with Gasteiger partial charge in [0, 0.05) is 11.7 Å². The van der Waals surface area contributed by atoms with Crippen LogP contribution in [0.15, 0.2) is 18.3 Å². The lowest BCUT2D eigenvalue weighted by Gasteiger charge is -2.23. The van der Waals surface area contributed by atoms with E-state index in [9.17, 15) is 4.79 Å². The Morgan fingerprint density at radius 2 is 2.31 bits per heavy atom. The lowest BCUT2D eigenvalue weighted by molar-refractivity contribution is 0.0907. The molecule has 1 aromatic heterocycles. The Kier molecular flexibility index (Phi) is 2.76. The molecule has 0 radical (unpaired) electrons. The van der Waals surface area contributed by atoms with Gasteiger partial charge < -0.3 is 10.3 Å². The first-order chi connectivity index (χ1) is 6.05. The maximum atomic E-state index is 11.5. The fraction of sp³-hybridized carbons (Fsp3) is 0.500. The third-order valence-corrected chi connectivity index (χ3v) is 2.18. The Morgan fingerprint density at radius 3 is 2.77 bits per heavy atom. The molecule has 0 atom stereocenters. The standard InChI is InChI=1S/C10H16N2O/c1-4-10(2,3)12-9(13)8-6-5-7-11-8/h5-7,11H,4H2,1-3H3,(H,12,13). The molecular weight excluding hydrogens is 164 g/mol. The van der Waals surface area contributed by atoms with Crippen molar-refractivity contribution in [3.05, 3.63) is 24.0 Å². The van der Waals surface area contributed by atoms with Crippen LogP contribution in [0.4, 0.5) is 0 Å². The molecule has 1 heterocycles. The van der Waals surface area contributed by atoms with Gasteiger partial charge in [-0.3, -0.25) is 4.79 Å². The maximum Gasteiger partial charge on any atom is 0.268 e. The first kappa shape index (κ1) is 9.84. The van der Waals surface area contributed by atoms with E-state index in [1.165, 1.54) is 0 Å². The summed E-state index contributed by atoms with van der Waals surface area (Å²) in [6.07, 6.45) is 2.66. The van der Waals surface area contributed by atoms with Crippen LogP contribution < -0.4 is 5.32 Å². The van der Waals surface area contributed by atoms with Crippen LogP contribution in [0.25, 0.3) is 0 Å². The Labute approximate surface area is 78.5 Å². The molecule has 0 saturated heterocycles. The number of rotatable bonds is 3. The second kappa shape index (κ2) is 3.64. The van der Waals surface area contributed by atoms with Gasteiger partial charge in [-0.15, -0.1) is 0 Å². The molecule has 1 amide bonds. The summed E-state index contributed by atoms with van der Waals surface area (Å²) < 4.78 is 0. The minimum absolute atomic E-state index is 0.0446. The smallest absolute Gasteiger partial charge is 0.268 e. The van der Waals surface area contributed by atoms with Crippen molar-refractivity contribution in [2.45, 2.75) is 32.7 Å². The van der Waals surface area contributed by atoms with E-state index in [0.717, 1.165) is 6.42 Å². The van der Waals surface area contributed by atoms with E-state index in [2.05, 4.69) is 17.2 Å². The first-order valence-electron chi connectivity index (χ1n) is 4.51. The number of carbonyl (C=O) groups excluding carboxylic acids is 1. The van der Waals surface area contributed by atoms with Crippen molar-refractivity contribution in [2.24, 2.45) is 0 Å². The van der Waals surface area contributed by atoms with Crippen molar-refractivity contribution in [1.29, 1.82) is 0 Å². The molecule has 3 nitrogen and oxygen atoms in total.